The number of urea groups is 1. The minimum absolute atomic E-state index is 0.0109. The summed E-state index contributed by atoms with van der Waals surface area (Å²) >= 11 is 0. The molecule has 1 aromatic rings. The highest BCUT2D eigenvalue weighted by atomic mass is 16.5. The van der Waals surface area contributed by atoms with E-state index in [9.17, 15) is 14.4 Å². The van der Waals surface area contributed by atoms with E-state index in [0.29, 0.717) is 24.4 Å². The van der Waals surface area contributed by atoms with E-state index in [4.69, 9.17) is 4.74 Å². The molecular formula is C21H28N4O4. The Bertz CT molecular complexity index is 793. The first-order valence-corrected chi connectivity index (χ1v) is 10.0. The Kier molecular flexibility index (Phi) is 6.87. The summed E-state index contributed by atoms with van der Waals surface area (Å²) in [6.45, 7) is 5.53. The van der Waals surface area contributed by atoms with Crippen LogP contribution in [0.1, 0.15) is 26.7 Å². The molecule has 2 atom stereocenters. The van der Waals surface area contributed by atoms with Crippen molar-refractivity contribution in [2.24, 2.45) is 5.92 Å². The van der Waals surface area contributed by atoms with Crippen LogP contribution in [0.25, 0.3) is 0 Å². The zero-order valence-corrected chi connectivity index (χ0v) is 16.9. The van der Waals surface area contributed by atoms with Crippen molar-refractivity contribution in [3.8, 4) is 0 Å². The minimum Gasteiger partial charge on any atom is -0.463 e. The number of esters is 1. The molecule has 1 aromatic carbocycles. The van der Waals surface area contributed by atoms with Crippen molar-refractivity contribution in [1.82, 2.24) is 15.5 Å². The van der Waals surface area contributed by atoms with Crippen molar-refractivity contribution in [3.63, 3.8) is 0 Å². The lowest BCUT2D eigenvalue weighted by Gasteiger charge is -2.35. The van der Waals surface area contributed by atoms with Gasteiger partial charge in [0.15, 0.2) is 0 Å². The molecule has 2 aliphatic rings. The van der Waals surface area contributed by atoms with E-state index in [1.807, 2.05) is 30.3 Å². The molecule has 3 rings (SSSR count). The number of rotatable bonds is 6. The van der Waals surface area contributed by atoms with Gasteiger partial charge in [-0.2, -0.15) is 0 Å². The molecule has 8 heteroatoms. The summed E-state index contributed by atoms with van der Waals surface area (Å²) in [5.41, 5.74) is 1.76. The number of ether oxygens (including phenoxy) is 1. The van der Waals surface area contributed by atoms with Gasteiger partial charge in [0, 0.05) is 24.5 Å². The van der Waals surface area contributed by atoms with Crippen LogP contribution >= 0.6 is 0 Å². The maximum Gasteiger partial charge on any atom is 0.337 e. The second-order valence-electron chi connectivity index (χ2n) is 7.36. The van der Waals surface area contributed by atoms with Gasteiger partial charge in [0.1, 0.15) is 0 Å². The Hall–Kier alpha value is -2.87. The Morgan fingerprint density at radius 3 is 2.76 bits per heavy atom. The number of nitrogens with zero attached hydrogens (tertiary/aromatic N) is 1. The highest BCUT2D eigenvalue weighted by molar-refractivity contribution is 5.95. The van der Waals surface area contributed by atoms with E-state index < -0.39 is 12.0 Å². The summed E-state index contributed by atoms with van der Waals surface area (Å²) in [6, 6.07) is 8.62. The molecule has 8 nitrogen and oxygen atoms in total. The first-order chi connectivity index (χ1) is 14.0. The predicted octanol–water partition coefficient (Wildman–Crippen LogP) is 1.86. The number of anilines is 1. The first-order valence-electron chi connectivity index (χ1n) is 10.0. The number of hydrogen-bond acceptors (Lipinski definition) is 5. The van der Waals surface area contributed by atoms with E-state index in [-0.39, 0.29) is 24.5 Å². The van der Waals surface area contributed by atoms with E-state index >= 15 is 0 Å². The molecular weight excluding hydrogens is 372 g/mol. The molecule has 2 aliphatic heterocycles. The van der Waals surface area contributed by atoms with Crippen molar-refractivity contribution in [1.29, 1.82) is 0 Å². The number of para-hydroxylation sites is 1. The Morgan fingerprint density at radius 2 is 2.03 bits per heavy atom. The molecule has 0 saturated carbocycles. The smallest absolute Gasteiger partial charge is 0.337 e. The minimum atomic E-state index is -0.433. The average molecular weight is 400 g/mol. The summed E-state index contributed by atoms with van der Waals surface area (Å²) in [6.07, 6.45) is 1.68. The fraction of sp³-hybridized carbons (Fsp3) is 0.476. The lowest BCUT2D eigenvalue weighted by atomic mass is 9.96. The molecule has 156 valence electrons. The second-order valence-corrected chi connectivity index (χ2v) is 7.36. The topological polar surface area (TPSA) is 99.8 Å². The van der Waals surface area contributed by atoms with Crippen LogP contribution < -0.4 is 16.0 Å². The van der Waals surface area contributed by atoms with Crippen LogP contribution in [-0.2, 0) is 14.3 Å². The van der Waals surface area contributed by atoms with Gasteiger partial charge in [0.25, 0.3) is 0 Å². The molecule has 0 aliphatic carbocycles. The quantitative estimate of drug-likeness (QED) is 0.633. The highest BCUT2D eigenvalue weighted by Gasteiger charge is 2.32. The highest BCUT2D eigenvalue weighted by Crippen LogP contribution is 2.22. The number of nitrogens with one attached hydrogen (secondary N) is 3. The largest absolute Gasteiger partial charge is 0.463 e. The third-order valence-electron chi connectivity index (χ3n) is 5.16. The fourth-order valence-corrected chi connectivity index (χ4v) is 3.81. The number of likely N-dealkylation sites (tertiary alicyclic amines) is 1. The summed E-state index contributed by atoms with van der Waals surface area (Å²) < 4.78 is 5.16. The zero-order chi connectivity index (χ0) is 20.8. The van der Waals surface area contributed by atoms with Crippen molar-refractivity contribution in [2.75, 3.05) is 31.6 Å². The van der Waals surface area contributed by atoms with Gasteiger partial charge in [-0.25, -0.2) is 9.59 Å². The molecule has 0 bridgehead atoms. The molecule has 3 N–H and O–H groups in total. The fourth-order valence-electron chi connectivity index (χ4n) is 3.81. The molecule has 3 amide bonds. The Morgan fingerprint density at radius 1 is 1.28 bits per heavy atom. The van der Waals surface area contributed by atoms with Crippen LogP contribution in [0.15, 0.2) is 41.6 Å². The summed E-state index contributed by atoms with van der Waals surface area (Å²) in [5, 5.41) is 8.41. The molecule has 0 aromatic heterocycles. The maximum absolute atomic E-state index is 12.7. The monoisotopic (exact) mass is 400 g/mol. The summed E-state index contributed by atoms with van der Waals surface area (Å²) in [4.78, 5) is 39.1. The number of amides is 3. The van der Waals surface area contributed by atoms with Gasteiger partial charge in [0.05, 0.1) is 24.1 Å². The molecule has 1 saturated heterocycles. The van der Waals surface area contributed by atoms with Gasteiger partial charge in [-0.1, -0.05) is 18.2 Å². The first kappa shape index (κ1) is 20.9. The third kappa shape index (κ3) is 5.35. The summed E-state index contributed by atoms with van der Waals surface area (Å²) in [7, 11) is 0. The van der Waals surface area contributed by atoms with E-state index in [2.05, 4.69) is 20.9 Å². The van der Waals surface area contributed by atoms with Gasteiger partial charge >= 0.3 is 12.0 Å². The standard InChI is InChI=1S/C21H28N4O4/c1-3-29-20(27)18-14(2)22-21(28)24-17(18)13-25-11-7-8-15(12-25)19(26)23-16-9-5-4-6-10-16/h4-6,9-10,14-15H,3,7-8,11-13H2,1-2H3,(H,23,26)(H2,22,24,28)/t14-,15-/m1/s1. The van der Waals surface area contributed by atoms with Gasteiger partial charge < -0.3 is 20.7 Å². The lowest BCUT2D eigenvalue weighted by Crippen LogP contribution is -2.52. The van der Waals surface area contributed by atoms with Crippen molar-refractivity contribution < 1.29 is 19.1 Å². The van der Waals surface area contributed by atoms with Crippen LogP contribution in [0, 0.1) is 5.92 Å². The third-order valence-corrected chi connectivity index (χ3v) is 5.16. The van der Waals surface area contributed by atoms with Crippen molar-refractivity contribution >= 4 is 23.6 Å². The number of piperidine rings is 1. The Labute approximate surface area is 170 Å². The number of carbonyl (C=O) groups is 3. The van der Waals surface area contributed by atoms with Crippen LogP contribution in [-0.4, -0.2) is 55.1 Å². The van der Waals surface area contributed by atoms with E-state index in [1.54, 1.807) is 13.8 Å². The number of hydrogen-bond donors (Lipinski definition) is 3. The second kappa shape index (κ2) is 9.56. The molecule has 29 heavy (non-hydrogen) atoms. The Balaban J connectivity index is 1.69. The zero-order valence-electron chi connectivity index (χ0n) is 16.9. The van der Waals surface area contributed by atoms with Gasteiger partial charge in [0.2, 0.25) is 5.91 Å². The van der Waals surface area contributed by atoms with E-state index in [1.165, 1.54) is 0 Å². The molecule has 2 heterocycles. The molecule has 1 fully saturated rings. The lowest BCUT2D eigenvalue weighted by molar-refractivity contribution is -0.139. The van der Waals surface area contributed by atoms with Gasteiger partial charge in [-0.05, 0) is 45.4 Å². The maximum atomic E-state index is 12.7. The van der Waals surface area contributed by atoms with E-state index in [0.717, 1.165) is 25.1 Å². The van der Waals surface area contributed by atoms with Gasteiger partial charge in [-0.3, -0.25) is 9.69 Å². The van der Waals surface area contributed by atoms with Gasteiger partial charge in [-0.15, -0.1) is 0 Å². The average Bonchev–Trinajstić information content (AvgIpc) is 2.68. The van der Waals surface area contributed by atoms with Crippen LogP contribution in [0.3, 0.4) is 0 Å². The van der Waals surface area contributed by atoms with Crippen molar-refractivity contribution in [3.05, 3.63) is 41.6 Å². The summed E-state index contributed by atoms with van der Waals surface area (Å²) in [5.74, 6) is -0.591. The SMILES string of the molecule is CCOC(=O)C1=C(CN2CCC[C@@H](C(=O)Nc3ccccc3)C2)NC(=O)N[C@@H]1C. The van der Waals surface area contributed by atoms with Crippen LogP contribution in [0.2, 0.25) is 0 Å². The van der Waals surface area contributed by atoms with Crippen LogP contribution in [0.4, 0.5) is 10.5 Å². The van der Waals surface area contributed by atoms with Crippen molar-refractivity contribution in [2.45, 2.75) is 32.7 Å². The number of carbonyl (C=O) groups excluding carboxylic acids is 3. The predicted molar refractivity (Wildman–Crippen MR) is 109 cm³/mol. The molecule has 0 radical (unpaired) electrons. The van der Waals surface area contributed by atoms with Crippen LogP contribution in [0.5, 0.6) is 0 Å². The molecule has 0 unspecified atom stereocenters. The normalized spacial score (nSPS) is 22.5. The number of benzene rings is 1. The molecule has 0 spiro atoms.